The van der Waals surface area contributed by atoms with Gasteiger partial charge in [0, 0.05) is 16.9 Å². The number of hydrogen-bond donors (Lipinski definition) is 2. The molecule has 1 unspecified atom stereocenters. The summed E-state index contributed by atoms with van der Waals surface area (Å²) in [5.41, 5.74) is 6.25. The first-order valence-corrected chi connectivity index (χ1v) is 6.66. The molecule has 0 aliphatic carbocycles. The molecule has 17 heavy (non-hydrogen) atoms. The highest BCUT2D eigenvalue weighted by molar-refractivity contribution is 9.10. The number of amides is 1. The molecule has 0 radical (unpaired) electrons. The van der Waals surface area contributed by atoms with Gasteiger partial charge in [-0.05, 0) is 38.0 Å². The van der Waals surface area contributed by atoms with E-state index in [0.717, 1.165) is 17.3 Å². The Morgan fingerprint density at radius 3 is 2.88 bits per heavy atom. The Balaban J connectivity index is 2.45. The molecule has 0 aliphatic rings. The van der Waals surface area contributed by atoms with Crippen molar-refractivity contribution in [1.82, 2.24) is 0 Å². The fraction of sp³-hybridized carbons (Fsp3) is 0.417. The van der Waals surface area contributed by atoms with Crippen LogP contribution < -0.4 is 11.1 Å². The molecule has 1 atom stereocenters. The van der Waals surface area contributed by atoms with Gasteiger partial charge in [-0.1, -0.05) is 27.5 Å². The van der Waals surface area contributed by atoms with Gasteiger partial charge >= 0.3 is 0 Å². The Kier molecular flexibility index (Phi) is 5.95. The van der Waals surface area contributed by atoms with Crippen LogP contribution in [0.5, 0.6) is 0 Å². The van der Waals surface area contributed by atoms with Crippen LogP contribution in [0, 0.1) is 0 Å². The first-order valence-electron chi connectivity index (χ1n) is 5.49. The molecule has 0 heterocycles. The molecule has 1 aromatic rings. The largest absolute Gasteiger partial charge is 0.328 e. The van der Waals surface area contributed by atoms with Crippen LogP contribution in [0.25, 0.3) is 0 Å². The Morgan fingerprint density at radius 1 is 1.59 bits per heavy atom. The van der Waals surface area contributed by atoms with E-state index in [1.807, 2.05) is 13.0 Å². The number of rotatable bonds is 5. The van der Waals surface area contributed by atoms with Crippen LogP contribution in [0.3, 0.4) is 0 Å². The molecule has 1 aromatic carbocycles. The Morgan fingerprint density at radius 2 is 2.29 bits per heavy atom. The maximum Gasteiger partial charge on any atom is 0.224 e. The minimum atomic E-state index is -0.0325. The van der Waals surface area contributed by atoms with Crippen molar-refractivity contribution in [2.45, 2.75) is 32.2 Å². The molecule has 3 N–H and O–H groups in total. The van der Waals surface area contributed by atoms with Crippen molar-refractivity contribution < 1.29 is 4.79 Å². The van der Waals surface area contributed by atoms with Gasteiger partial charge in [-0.15, -0.1) is 0 Å². The van der Waals surface area contributed by atoms with Crippen LogP contribution in [-0.2, 0) is 4.79 Å². The zero-order chi connectivity index (χ0) is 12.8. The molecule has 1 rings (SSSR count). The second-order valence-electron chi connectivity index (χ2n) is 4.04. The third-order valence-corrected chi connectivity index (χ3v) is 3.07. The summed E-state index contributed by atoms with van der Waals surface area (Å²) in [5, 5.41) is 3.31. The number of nitrogens with two attached hydrogens (primary N) is 1. The molecule has 0 spiro atoms. The predicted molar refractivity (Wildman–Crippen MR) is 75.3 cm³/mol. The molecular formula is C12H16BrClN2O. The van der Waals surface area contributed by atoms with Gasteiger partial charge in [-0.2, -0.15) is 0 Å². The normalized spacial score (nSPS) is 12.2. The lowest BCUT2D eigenvalue weighted by Crippen LogP contribution is -2.16. The maximum atomic E-state index is 11.6. The summed E-state index contributed by atoms with van der Waals surface area (Å²) in [7, 11) is 0. The molecule has 0 aliphatic heterocycles. The summed E-state index contributed by atoms with van der Waals surface area (Å²) >= 11 is 9.30. The van der Waals surface area contributed by atoms with Crippen molar-refractivity contribution >= 4 is 39.1 Å². The molecule has 0 saturated heterocycles. The first kappa shape index (κ1) is 14.5. The lowest BCUT2D eigenvalue weighted by atomic mass is 10.1. The van der Waals surface area contributed by atoms with Crippen molar-refractivity contribution in [2.75, 3.05) is 5.32 Å². The lowest BCUT2D eigenvalue weighted by molar-refractivity contribution is -0.116. The summed E-state index contributed by atoms with van der Waals surface area (Å²) in [6.07, 6.45) is 2.10. The van der Waals surface area contributed by atoms with Gasteiger partial charge in [0.05, 0.1) is 10.7 Å². The average molecular weight is 320 g/mol. The second kappa shape index (κ2) is 6.99. The van der Waals surface area contributed by atoms with E-state index >= 15 is 0 Å². The summed E-state index contributed by atoms with van der Waals surface area (Å²) in [5.74, 6) is -0.0325. The van der Waals surface area contributed by atoms with E-state index in [2.05, 4.69) is 21.2 Å². The van der Waals surface area contributed by atoms with Gasteiger partial charge in [0.15, 0.2) is 0 Å². The van der Waals surface area contributed by atoms with Crippen molar-refractivity contribution in [3.63, 3.8) is 0 Å². The molecule has 1 amide bonds. The fourth-order valence-corrected chi connectivity index (χ4v) is 2.11. The standard InChI is InChI=1S/C12H16BrClN2O/c1-8(15)3-2-4-12(17)16-11-6-5-9(13)7-10(11)14/h5-8H,2-4,15H2,1H3,(H,16,17). The third-order valence-electron chi connectivity index (χ3n) is 2.27. The topological polar surface area (TPSA) is 55.1 Å². The van der Waals surface area contributed by atoms with Crippen LogP contribution >= 0.6 is 27.5 Å². The number of benzene rings is 1. The van der Waals surface area contributed by atoms with Crippen molar-refractivity contribution in [3.05, 3.63) is 27.7 Å². The fourth-order valence-electron chi connectivity index (χ4n) is 1.39. The Hall–Kier alpha value is -0.580. The van der Waals surface area contributed by atoms with Crippen LogP contribution in [0.4, 0.5) is 5.69 Å². The van der Waals surface area contributed by atoms with Crippen LogP contribution in [-0.4, -0.2) is 11.9 Å². The van der Waals surface area contributed by atoms with Gasteiger partial charge in [0.25, 0.3) is 0 Å². The van der Waals surface area contributed by atoms with Crippen LogP contribution in [0.15, 0.2) is 22.7 Å². The van der Waals surface area contributed by atoms with Gasteiger partial charge in [0.2, 0.25) is 5.91 Å². The lowest BCUT2D eigenvalue weighted by Gasteiger charge is -2.08. The molecule has 0 saturated carbocycles. The minimum absolute atomic E-state index is 0.0325. The Labute approximate surface area is 115 Å². The van der Waals surface area contributed by atoms with E-state index in [9.17, 15) is 4.79 Å². The van der Waals surface area contributed by atoms with E-state index < -0.39 is 0 Å². The average Bonchev–Trinajstić information content (AvgIpc) is 2.21. The van der Waals surface area contributed by atoms with Gasteiger partial charge < -0.3 is 11.1 Å². The van der Waals surface area contributed by atoms with Crippen molar-refractivity contribution in [3.8, 4) is 0 Å². The third kappa shape index (κ3) is 5.52. The zero-order valence-electron chi connectivity index (χ0n) is 9.67. The summed E-state index contributed by atoms with van der Waals surface area (Å²) in [6.45, 7) is 1.93. The van der Waals surface area contributed by atoms with Crippen LogP contribution in [0.1, 0.15) is 26.2 Å². The van der Waals surface area contributed by atoms with Gasteiger partial charge in [-0.3, -0.25) is 4.79 Å². The highest BCUT2D eigenvalue weighted by atomic mass is 79.9. The molecular weight excluding hydrogens is 304 g/mol. The molecule has 0 bridgehead atoms. The smallest absolute Gasteiger partial charge is 0.224 e. The Bertz CT molecular complexity index is 396. The number of hydrogen-bond acceptors (Lipinski definition) is 2. The molecule has 3 nitrogen and oxygen atoms in total. The molecule has 0 fully saturated rings. The quantitative estimate of drug-likeness (QED) is 0.872. The van der Waals surface area contributed by atoms with E-state index in [4.69, 9.17) is 17.3 Å². The number of halogens is 2. The zero-order valence-corrected chi connectivity index (χ0v) is 12.0. The highest BCUT2D eigenvalue weighted by Crippen LogP contribution is 2.25. The number of nitrogens with one attached hydrogen (secondary N) is 1. The molecule has 94 valence electrons. The van der Waals surface area contributed by atoms with E-state index in [-0.39, 0.29) is 11.9 Å². The van der Waals surface area contributed by atoms with E-state index in [1.54, 1.807) is 12.1 Å². The number of carbonyl (C=O) groups excluding carboxylic acids is 1. The SMILES string of the molecule is CC(N)CCCC(=O)Nc1ccc(Br)cc1Cl. The number of anilines is 1. The monoisotopic (exact) mass is 318 g/mol. The van der Waals surface area contributed by atoms with Crippen molar-refractivity contribution in [2.24, 2.45) is 5.73 Å². The predicted octanol–water partition coefficient (Wildman–Crippen LogP) is 3.56. The van der Waals surface area contributed by atoms with E-state index in [0.29, 0.717) is 17.1 Å². The summed E-state index contributed by atoms with van der Waals surface area (Å²) in [4.78, 5) is 11.6. The summed E-state index contributed by atoms with van der Waals surface area (Å²) in [6, 6.07) is 5.50. The second-order valence-corrected chi connectivity index (χ2v) is 5.36. The summed E-state index contributed by atoms with van der Waals surface area (Å²) < 4.78 is 0.887. The highest BCUT2D eigenvalue weighted by Gasteiger charge is 2.06. The van der Waals surface area contributed by atoms with E-state index in [1.165, 1.54) is 0 Å². The maximum absolute atomic E-state index is 11.6. The van der Waals surface area contributed by atoms with Crippen LogP contribution in [0.2, 0.25) is 5.02 Å². The molecule has 5 heteroatoms. The van der Waals surface area contributed by atoms with Gasteiger partial charge in [0.1, 0.15) is 0 Å². The number of carbonyl (C=O) groups is 1. The first-order chi connectivity index (χ1) is 7.99. The van der Waals surface area contributed by atoms with Gasteiger partial charge in [-0.25, -0.2) is 0 Å². The minimum Gasteiger partial charge on any atom is -0.328 e. The molecule has 0 aromatic heterocycles. The van der Waals surface area contributed by atoms with Crippen molar-refractivity contribution in [1.29, 1.82) is 0 Å².